The first-order chi connectivity index (χ1) is 8.65. The summed E-state index contributed by atoms with van der Waals surface area (Å²) in [6.07, 6.45) is 0. The number of amides is 1. The van der Waals surface area contributed by atoms with Gasteiger partial charge in [-0.1, -0.05) is 25.1 Å². The van der Waals surface area contributed by atoms with Crippen LogP contribution in [-0.2, 0) is 4.79 Å². The largest absolute Gasteiger partial charge is 0.313 e. The molecular formula is C14H21N3O. The van der Waals surface area contributed by atoms with Gasteiger partial charge >= 0.3 is 0 Å². The number of rotatable bonds is 5. The second-order valence-corrected chi connectivity index (χ2v) is 4.74. The lowest BCUT2D eigenvalue weighted by atomic mass is 10.1. The number of carbonyl (C=O) groups is 1. The highest BCUT2D eigenvalue weighted by Gasteiger charge is 2.34. The SMILES string of the molecule is CCN(C)CCNC1C(=O)N(C)c2ccccc21. The summed E-state index contributed by atoms with van der Waals surface area (Å²) in [5, 5.41) is 3.35. The van der Waals surface area contributed by atoms with Crippen LogP contribution in [0.2, 0.25) is 0 Å². The van der Waals surface area contributed by atoms with Crippen molar-refractivity contribution >= 4 is 11.6 Å². The maximum Gasteiger partial charge on any atom is 0.248 e. The zero-order valence-electron chi connectivity index (χ0n) is 11.3. The third kappa shape index (κ3) is 2.40. The minimum absolute atomic E-state index is 0.135. The Kier molecular flexibility index (Phi) is 3.99. The van der Waals surface area contributed by atoms with E-state index in [4.69, 9.17) is 0 Å². The van der Waals surface area contributed by atoms with Gasteiger partial charge in [-0.25, -0.2) is 0 Å². The first kappa shape index (κ1) is 13.1. The van der Waals surface area contributed by atoms with Gasteiger partial charge < -0.3 is 15.1 Å². The highest BCUT2D eigenvalue weighted by atomic mass is 16.2. The molecule has 1 heterocycles. The lowest BCUT2D eigenvalue weighted by Crippen LogP contribution is -2.36. The Hall–Kier alpha value is -1.39. The number of carbonyl (C=O) groups excluding carboxylic acids is 1. The van der Waals surface area contributed by atoms with Gasteiger partial charge in [0.25, 0.3) is 0 Å². The lowest BCUT2D eigenvalue weighted by Gasteiger charge is -2.17. The molecule has 1 N–H and O–H groups in total. The van der Waals surface area contributed by atoms with Crippen molar-refractivity contribution in [2.24, 2.45) is 0 Å². The van der Waals surface area contributed by atoms with E-state index in [0.717, 1.165) is 30.9 Å². The van der Waals surface area contributed by atoms with Gasteiger partial charge in [0.15, 0.2) is 0 Å². The number of para-hydroxylation sites is 1. The standard InChI is InChI=1S/C14H21N3O/c1-4-16(2)10-9-15-13-11-7-5-6-8-12(11)17(3)14(13)18/h5-8,13,15H,4,9-10H2,1-3H3. The van der Waals surface area contributed by atoms with Gasteiger partial charge in [0.1, 0.15) is 6.04 Å². The van der Waals surface area contributed by atoms with Crippen LogP contribution in [-0.4, -0.2) is 44.5 Å². The summed E-state index contributed by atoms with van der Waals surface area (Å²) in [6, 6.07) is 7.79. The third-order valence-corrected chi connectivity index (χ3v) is 3.57. The normalized spacial score (nSPS) is 18.6. The Bertz CT molecular complexity index is 433. The molecule has 0 radical (unpaired) electrons. The van der Waals surface area contributed by atoms with Crippen molar-refractivity contribution in [2.75, 3.05) is 38.6 Å². The topological polar surface area (TPSA) is 35.6 Å². The molecule has 98 valence electrons. The van der Waals surface area contributed by atoms with Crippen LogP contribution in [0.3, 0.4) is 0 Å². The van der Waals surface area contributed by atoms with Gasteiger partial charge in [-0.3, -0.25) is 4.79 Å². The quantitative estimate of drug-likeness (QED) is 0.850. The molecule has 4 nitrogen and oxygen atoms in total. The molecule has 1 aromatic carbocycles. The van der Waals surface area contributed by atoms with Gasteiger partial charge in [-0.05, 0) is 19.7 Å². The molecule has 18 heavy (non-hydrogen) atoms. The van der Waals surface area contributed by atoms with Crippen molar-refractivity contribution in [1.29, 1.82) is 0 Å². The zero-order chi connectivity index (χ0) is 13.1. The van der Waals surface area contributed by atoms with Crippen molar-refractivity contribution in [2.45, 2.75) is 13.0 Å². The average Bonchev–Trinajstić information content (AvgIpc) is 2.64. The Balaban J connectivity index is 2.03. The molecule has 1 unspecified atom stereocenters. The van der Waals surface area contributed by atoms with Crippen molar-refractivity contribution < 1.29 is 4.79 Å². The molecule has 0 saturated carbocycles. The fourth-order valence-electron chi connectivity index (χ4n) is 2.24. The first-order valence-electron chi connectivity index (χ1n) is 6.43. The predicted molar refractivity (Wildman–Crippen MR) is 73.8 cm³/mol. The summed E-state index contributed by atoms with van der Waals surface area (Å²) in [5.74, 6) is 0.135. The summed E-state index contributed by atoms with van der Waals surface area (Å²) in [4.78, 5) is 16.1. The van der Waals surface area contributed by atoms with E-state index >= 15 is 0 Å². The number of nitrogens with zero attached hydrogens (tertiary/aromatic N) is 2. The van der Waals surface area contributed by atoms with E-state index in [2.05, 4.69) is 24.2 Å². The molecule has 1 aliphatic rings. The molecule has 0 aromatic heterocycles. The molecule has 0 spiro atoms. The Labute approximate surface area is 109 Å². The third-order valence-electron chi connectivity index (χ3n) is 3.57. The molecule has 0 fully saturated rings. The summed E-state index contributed by atoms with van der Waals surface area (Å²) in [6.45, 7) is 4.93. The molecule has 0 bridgehead atoms. The van der Waals surface area contributed by atoms with Crippen LogP contribution in [0.1, 0.15) is 18.5 Å². The number of nitrogens with one attached hydrogen (secondary N) is 1. The van der Waals surface area contributed by atoms with Crippen LogP contribution in [0, 0.1) is 0 Å². The second kappa shape index (κ2) is 5.50. The zero-order valence-corrected chi connectivity index (χ0v) is 11.3. The number of hydrogen-bond acceptors (Lipinski definition) is 3. The minimum atomic E-state index is -0.184. The fraction of sp³-hybridized carbons (Fsp3) is 0.500. The van der Waals surface area contributed by atoms with Gasteiger partial charge in [0, 0.05) is 31.4 Å². The Morgan fingerprint density at radius 1 is 1.39 bits per heavy atom. The average molecular weight is 247 g/mol. The van der Waals surface area contributed by atoms with Crippen molar-refractivity contribution in [3.05, 3.63) is 29.8 Å². The monoisotopic (exact) mass is 247 g/mol. The van der Waals surface area contributed by atoms with E-state index in [1.54, 1.807) is 4.90 Å². The van der Waals surface area contributed by atoms with Crippen LogP contribution in [0.15, 0.2) is 24.3 Å². The molecule has 2 rings (SSSR count). The second-order valence-electron chi connectivity index (χ2n) is 4.74. The number of anilines is 1. The molecule has 0 aliphatic carbocycles. The minimum Gasteiger partial charge on any atom is -0.313 e. The van der Waals surface area contributed by atoms with Crippen LogP contribution < -0.4 is 10.2 Å². The van der Waals surface area contributed by atoms with E-state index in [-0.39, 0.29) is 11.9 Å². The van der Waals surface area contributed by atoms with Gasteiger partial charge in [0.2, 0.25) is 5.91 Å². The van der Waals surface area contributed by atoms with E-state index < -0.39 is 0 Å². The molecule has 1 amide bonds. The van der Waals surface area contributed by atoms with Crippen LogP contribution in [0.25, 0.3) is 0 Å². The fourth-order valence-corrected chi connectivity index (χ4v) is 2.24. The molecule has 1 aromatic rings. The van der Waals surface area contributed by atoms with Gasteiger partial charge in [-0.2, -0.15) is 0 Å². The summed E-state index contributed by atoms with van der Waals surface area (Å²) < 4.78 is 0. The van der Waals surface area contributed by atoms with Crippen LogP contribution >= 0.6 is 0 Å². The summed E-state index contributed by atoms with van der Waals surface area (Å²) in [7, 11) is 3.92. The number of likely N-dealkylation sites (N-methyl/N-ethyl adjacent to an activating group) is 2. The highest BCUT2D eigenvalue weighted by molar-refractivity contribution is 6.04. The predicted octanol–water partition coefficient (Wildman–Crippen LogP) is 1.25. The molecule has 4 heteroatoms. The Morgan fingerprint density at radius 2 is 2.11 bits per heavy atom. The Morgan fingerprint density at radius 3 is 2.83 bits per heavy atom. The van der Waals surface area contributed by atoms with E-state index in [1.165, 1.54) is 0 Å². The molecular weight excluding hydrogens is 226 g/mol. The van der Waals surface area contributed by atoms with E-state index in [1.807, 2.05) is 31.3 Å². The maximum absolute atomic E-state index is 12.2. The van der Waals surface area contributed by atoms with E-state index in [9.17, 15) is 4.79 Å². The molecule has 0 saturated heterocycles. The van der Waals surface area contributed by atoms with Crippen LogP contribution in [0.5, 0.6) is 0 Å². The number of fused-ring (bicyclic) bond motifs is 1. The summed E-state index contributed by atoms with van der Waals surface area (Å²) >= 11 is 0. The molecule has 1 aliphatic heterocycles. The first-order valence-corrected chi connectivity index (χ1v) is 6.43. The van der Waals surface area contributed by atoms with Crippen LogP contribution in [0.4, 0.5) is 5.69 Å². The lowest BCUT2D eigenvalue weighted by molar-refractivity contribution is -0.119. The smallest absolute Gasteiger partial charge is 0.248 e. The maximum atomic E-state index is 12.2. The van der Waals surface area contributed by atoms with Crippen molar-refractivity contribution in [1.82, 2.24) is 10.2 Å². The summed E-state index contributed by atoms with van der Waals surface area (Å²) in [5.41, 5.74) is 2.10. The number of benzene rings is 1. The highest BCUT2D eigenvalue weighted by Crippen LogP contribution is 2.34. The van der Waals surface area contributed by atoms with E-state index in [0.29, 0.717) is 0 Å². The van der Waals surface area contributed by atoms with Gasteiger partial charge in [0.05, 0.1) is 0 Å². The van der Waals surface area contributed by atoms with Crippen molar-refractivity contribution in [3.63, 3.8) is 0 Å². The van der Waals surface area contributed by atoms with Gasteiger partial charge in [-0.15, -0.1) is 0 Å². The van der Waals surface area contributed by atoms with Crippen molar-refractivity contribution in [3.8, 4) is 0 Å². The number of hydrogen-bond donors (Lipinski definition) is 1. The molecule has 1 atom stereocenters.